The summed E-state index contributed by atoms with van der Waals surface area (Å²) in [6.07, 6.45) is 0. The quantitative estimate of drug-likeness (QED) is 0.657. The SMILES string of the molecule is Cc1ccc([C@@H](C)NC(=O)CSc2nnc(-c3ccccc3)o2)cc1C. The standard InChI is InChI=1S/C20H21N3O2S/c1-13-9-10-17(11-14(13)2)15(3)21-18(24)12-26-20-23-22-19(25-20)16-7-5-4-6-8-16/h4-11,15H,12H2,1-3H3,(H,21,24)/t15-/m1/s1. The van der Waals surface area contributed by atoms with Gasteiger partial charge in [-0.15, -0.1) is 10.2 Å². The number of rotatable bonds is 6. The van der Waals surface area contributed by atoms with E-state index >= 15 is 0 Å². The Bertz CT molecular complexity index is 893. The molecule has 0 saturated heterocycles. The zero-order valence-electron chi connectivity index (χ0n) is 15.0. The molecule has 0 aliphatic heterocycles. The van der Waals surface area contributed by atoms with Crippen LogP contribution in [0.3, 0.4) is 0 Å². The number of hydrogen-bond acceptors (Lipinski definition) is 5. The van der Waals surface area contributed by atoms with Crippen molar-refractivity contribution >= 4 is 17.7 Å². The van der Waals surface area contributed by atoms with Gasteiger partial charge in [-0.2, -0.15) is 0 Å². The van der Waals surface area contributed by atoms with E-state index in [1.165, 1.54) is 22.9 Å². The molecule has 0 aliphatic carbocycles. The first kappa shape index (κ1) is 18.2. The largest absolute Gasteiger partial charge is 0.411 e. The highest BCUT2D eigenvalue weighted by atomic mass is 32.2. The number of nitrogens with one attached hydrogen (secondary N) is 1. The van der Waals surface area contributed by atoms with Crippen LogP contribution in [0.5, 0.6) is 0 Å². The Kier molecular flexibility index (Phi) is 5.73. The van der Waals surface area contributed by atoms with E-state index in [0.29, 0.717) is 11.1 Å². The molecule has 3 rings (SSSR count). The molecule has 0 aliphatic rings. The van der Waals surface area contributed by atoms with Gasteiger partial charge in [-0.25, -0.2) is 0 Å². The third-order valence-electron chi connectivity index (χ3n) is 4.16. The van der Waals surface area contributed by atoms with Crippen molar-refractivity contribution in [1.82, 2.24) is 15.5 Å². The van der Waals surface area contributed by atoms with E-state index < -0.39 is 0 Å². The van der Waals surface area contributed by atoms with Gasteiger partial charge in [-0.1, -0.05) is 48.2 Å². The highest BCUT2D eigenvalue weighted by Crippen LogP contribution is 2.23. The summed E-state index contributed by atoms with van der Waals surface area (Å²) in [4.78, 5) is 12.2. The molecule has 0 saturated carbocycles. The molecule has 1 heterocycles. The van der Waals surface area contributed by atoms with Crippen molar-refractivity contribution in [2.45, 2.75) is 32.0 Å². The van der Waals surface area contributed by atoms with Gasteiger partial charge in [0.1, 0.15) is 0 Å². The van der Waals surface area contributed by atoms with E-state index in [1.807, 2.05) is 43.3 Å². The maximum absolute atomic E-state index is 12.2. The number of benzene rings is 2. The highest BCUT2D eigenvalue weighted by Gasteiger charge is 2.13. The van der Waals surface area contributed by atoms with Crippen molar-refractivity contribution in [2.75, 3.05) is 5.75 Å². The Morgan fingerprint density at radius 1 is 1.12 bits per heavy atom. The van der Waals surface area contributed by atoms with E-state index in [1.54, 1.807) is 0 Å². The second-order valence-electron chi connectivity index (χ2n) is 6.16. The van der Waals surface area contributed by atoms with E-state index in [9.17, 15) is 4.79 Å². The number of aryl methyl sites for hydroxylation is 2. The Morgan fingerprint density at radius 2 is 1.88 bits per heavy atom. The number of carbonyl (C=O) groups excluding carboxylic acids is 1. The zero-order chi connectivity index (χ0) is 18.5. The average molecular weight is 367 g/mol. The minimum Gasteiger partial charge on any atom is -0.411 e. The molecule has 0 radical (unpaired) electrons. The van der Waals surface area contributed by atoms with Crippen LogP contribution in [0, 0.1) is 13.8 Å². The maximum Gasteiger partial charge on any atom is 0.277 e. The van der Waals surface area contributed by atoms with E-state index in [0.717, 1.165) is 11.1 Å². The lowest BCUT2D eigenvalue weighted by atomic mass is 10.0. The topological polar surface area (TPSA) is 68.0 Å². The fourth-order valence-corrected chi connectivity index (χ4v) is 3.07. The van der Waals surface area contributed by atoms with Gasteiger partial charge in [0.05, 0.1) is 11.8 Å². The van der Waals surface area contributed by atoms with Crippen molar-refractivity contribution in [3.8, 4) is 11.5 Å². The summed E-state index contributed by atoms with van der Waals surface area (Å²) in [5.74, 6) is 0.614. The van der Waals surface area contributed by atoms with Gasteiger partial charge in [0.2, 0.25) is 11.8 Å². The summed E-state index contributed by atoms with van der Waals surface area (Å²) < 4.78 is 5.60. The summed E-state index contributed by atoms with van der Waals surface area (Å²) in [7, 11) is 0. The van der Waals surface area contributed by atoms with Crippen molar-refractivity contribution < 1.29 is 9.21 Å². The minimum atomic E-state index is -0.0693. The maximum atomic E-state index is 12.2. The van der Waals surface area contributed by atoms with Crippen molar-refractivity contribution in [3.63, 3.8) is 0 Å². The molecule has 26 heavy (non-hydrogen) atoms. The average Bonchev–Trinajstić information content (AvgIpc) is 3.12. The molecular weight excluding hydrogens is 346 g/mol. The molecule has 1 amide bonds. The smallest absolute Gasteiger partial charge is 0.277 e. The highest BCUT2D eigenvalue weighted by molar-refractivity contribution is 7.99. The van der Waals surface area contributed by atoms with E-state index in [2.05, 4.69) is 41.5 Å². The zero-order valence-corrected chi connectivity index (χ0v) is 15.8. The van der Waals surface area contributed by atoms with Gasteiger partial charge in [0.25, 0.3) is 5.22 Å². The number of nitrogens with zero attached hydrogens (tertiary/aromatic N) is 2. The van der Waals surface area contributed by atoms with Crippen LogP contribution < -0.4 is 5.32 Å². The molecule has 2 aromatic carbocycles. The van der Waals surface area contributed by atoms with Crippen LogP contribution in [-0.4, -0.2) is 21.9 Å². The van der Waals surface area contributed by atoms with E-state index in [-0.39, 0.29) is 17.7 Å². The lowest BCUT2D eigenvalue weighted by Crippen LogP contribution is -2.28. The van der Waals surface area contributed by atoms with Crippen LogP contribution in [0.2, 0.25) is 0 Å². The lowest BCUT2D eigenvalue weighted by Gasteiger charge is -2.15. The summed E-state index contributed by atoms with van der Waals surface area (Å²) in [5.41, 5.74) is 4.42. The molecule has 134 valence electrons. The molecule has 0 bridgehead atoms. The minimum absolute atomic E-state index is 0.0510. The third kappa shape index (κ3) is 4.52. The van der Waals surface area contributed by atoms with Gasteiger partial charge in [0.15, 0.2) is 0 Å². The molecule has 0 spiro atoms. The van der Waals surface area contributed by atoms with Crippen LogP contribution in [0.1, 0.15) is 29.7 Å². The monoisotopic (exact) mass is 367 g/mol. The Morgan fingerprint density at radius 3 is 2.62 bits per heavy atom. The summed E-state index contributed by atoms with van der Waals surface area (Å²) >= 11 is 1.23. The van der Waals surface area contributed by atoms with Gasteiger partial charge in [-0.05, 0) is 49.6 Å². The number of carbonyl (C=O) groups is 1. The Hall–Kier alpha value is -2.60. The second kappa shape index (κ2) is 8.19. The molecule has 0 unspecified atom stereocenters. The van der Waals surface area contributed by atoms with Crippen LogP contribution in [-0.2, 0) is 4.79 Å². The number of hydrogen-bond donors (Lipinski definition) is 1. The first-order valence-corrected chi connectivity index (χ1v) is 9.39. The summed E-state index contributed by atoms with van der Waals surface area (Å²) in [6.45, 7) is 6.13. The summed E-state index contributed by atoms with van der Waals surface area (Å²) in [5, 5.41) is 11.4. The molecular formula is C20H21N3O2S. The second-order valence-corrected chi connectivity index (χ2v) is 7.09. The van der Waals surface area contributed by atoms with Crippen LogP contribution in [0.25, 0.3) is 11.5 Å². The van der Waals surface area contributed by atoms with Crippen molar-refractivity contribution in [1.29, 1.82) is 0 Å². The number of amides is 1. The van der Waals surface area contributed by atoms with Gasteiger partial charge in [0, 0.05) is 5.56 Å². The molecule has 6 heteroatoms. The fourth-order valence-electron chi connectivity index (χ4n) is 2.49. The molecule has 0 fully saturated rings. The molecule has 1 aromatic heterocycles. The predicted octanol–water partition coefficient (Wildman–Crippen LogP) is 4.32. The Labute approximate surface area is 157 Å². The van der Waals surface area contributed by atoms with Gasteiger partial charge in [-0.3, -0.25) is 4.79 Å². The number of aromatic nitrogens is 2. The van der Waals surface area contributed by atoms with E-state index in [4.69, 9.17) is 4.42 Å². The normalized spacial score (nSPS) is 12.0. The third-order valence-corrected chi connectivity index (χ3v) is 4.98. The molecule has 5 nitrogen and oxygen atoms in total. The van der Waals surface area contributed by atoms with Crippen molar-refractivity contribution in [2.24, 2.45) is 0 Å². The first-order valence-electron chi connectivity index (χ1n) is 8.41. The molecule has 3 aromatic rings. The van der Waals surface area contributed by atoms with Gasteiger partial charge < -0.3 is 9.73 Å². The predicted molar refractivity (Wildman–Crippen MR) is 103 cm³/mol. The molecule has 1 atom stereocenters. The molecule has 1 N–H and O–H groups in total. The first-order chi connectivity index (χ1) is 12.5. The van der Waals surface area contributed by atoms with Crippen LogP contribution >= 0.6 is 11.8 Å². The van der Waals surface area contributed by atoms with Gasteiger partial charge >= 0.3 is 0 Å². The van der Waals surface area contributed by atoms with Crippen molar-refractivity contribution in [3.05, 3.63) is 65.2 Å². The fraction of sp³-hybridized carbons (Fsp3) is 0.250. The lowest BCUT2D eigenvalue weighted by molar-refractivity contribution is -0.119. The van der Waals surface area contributed by atoms with Crippen LogP contribution in [0.15, 0.2) is 58.2 Å². The number of thioether (sulfide) groups is 1. The summed E-state index contributed by atoms with van der Waals surface area (Å²) in [6, 6.07) is 15.7. The Balaban J connectivity index is 1.54. The van der Waals surface area contributed by atoms with Crippen LogP contribution in [0.4, 0.5) is 0 Å².